The first-order chi connectivity index (χ1) is 30.3. The van der Waals surface area contributed by atoms with Crippen molar-refractivity contribution < 1.29 is 0 Å². The van der Waals surface area contributed by atoms with Crippen molar-refractivity contribution in [1.29, 1.82) is 0 Å². The van der Waals surface area contributed by atoms with Crippen LogP contribution in [0.1, 0.15) is 0 Å². The summed E-state index contributed by atoms with van der Waals surface area (Å²) in [5, 5.41) is 7.33. The first-order valence-electron chi connectivity index (χ1n) is 20.9. The van der Waals surface area contributed by atoms with E-state index in [1.165, 1.54) is 65.6 Å². The molecular formula is C58H39N3. The van der Waals surface area contributed by atoms with E-state index in [1.54, 1.807) is 0 Å². The molecule has 0 unspecified atom stereocenters. The predicted molar refractivity (Wildman–Crippen MR) is 258 cm³/mol. The third-order valence-electron chi connectivity index (χ3n) is 12.3. The van der Waals surface area contributed by atoms with Gasteiger partial charge < -0.3 is 14.0 Å². The third-order valence-corrected chi connectivity index (χ3v) is 12.3. The summed E-state index contributed by atoms with van der Waals surface area (Å²) < 4.78 is 4.86. The topological polar surface area (TPSA) is 13.1 Å². The van der Waals surface area contributed by atoms with E-state index in [0.717, 1.165) is 39.5 Å². The molecular weight excluding hydrogens is 739 g/mol. The van der Waals surface area contributed by atoms with Crippen LogP contribution in [0.15, 0.2) is 237 Å². The third kappa shape index (κ3) is 5.66. The Bertz CT molecular complexity index is 3540. The van der Waals surface area contributed by atoms with Crippen molar-refractivity contribution in [1.82, 2.24) is 9.13 Å². The van der Waals surface area contributed by atoms with Crippen LogP contribution in [-0.2, 0) is 0 Å². The fraction of sp³-hybridized carbons (Fsp3) is 0. The van der Waals surface area contributed by atoms with Crippen LogP contribution in [0.2, 0.25) is 0 Å². The fourth-order valence-electron chi connectivity index (χ4n) is 9.66. The number of aromatic nitrogens is 2. The summed E-state index contributed by atoms with van der Waals surface area (Å²) in [6.45, 7) is 0. The molecule has 0 spiro atoms. The lowest BCUT2D eigenvalue weighted by molar-refractivity contribution is 1.18. The average molecular weight is 778 g/mol. The van der Waals surface area contributed by atoms with Gasteiger partial charge in [-0.25, -0.2) is 0 Å². The Balaban J connectivity index is 1.14. The van der Waals surface area contributed by atoms with Gasteiger partial charge in [0.2, 0.25) is 0 Å². The minimum Gasteiger partial charge on any atom is -0.310 e. The summed E-state index contributed by atoms with van der Waals surface area (Å²) in [6, 6.07) is 86.0. The number of fused-ring (bicyclic) bond motifs is 7. The molecule has 0 aliphatic carbocycles. The van der Waals surface area contributed by atoms with E-state index in [2.05, 4.69) is 251 Å². The maximum Gasteiger partial charge on any atom is 0.0562 e. The summed E-state index contributed by atoms with van der Waals surface area (Å²) in [4.78, 5) is 2.46. The number of nitrogens with zero attached hydrogens (tertiary/aromatic N) is 3. The zero-order valence-corrected chi connectivity index (χ0v) is 33.4. The van der Waals surface area contributed by atoms with Crippen LogP contribution < -0.4 is 4.90 Å². The molecule has 0 aliphatic rings. The average Bonchev–Trinajstić information content (AvgIpc) is 3.85. The predicted octanol–water partition coefficient (Wildman–Crippen LogP) is 15.8. The van der Waals surface area contributed by atoms with E-state index in [9.17, 15) is 0 Å². The Morgan fingerprint density at radius 1 is 0.311 bits per heavy atom. The molecule has 0 fully saturated rings. The van der Waals surface area contributed by atoms with Crippen molar-refractivity contribution in [3.63, 3.8) is 0 Å². The molecule has 12 aromatic rings. The molecule has 0 aliphatic heterocycles. The second-order valence-electron chi connectivity index (χ2n) is 15.7. The second-order valence-corrected chi connectivity index (χ2v) is 15.7. The van der Waals surface area contributed by atoms with Crippen molar-refractivity contribution in [2.75, 3.05) is 4.90 Å². The Hall–Kier alpha value is -8.14. The quantitative estimate of drug-likeness (QED) is 0.157. The number of anilines is 3. The Labute approximate surface area is 354 Å². The van der Waals surface area contributed by atoms with Gasteiger partial charge in [-0.2, -0.15) is 0 Å². The lowest BCUT2D eigenvalue weighted by Crippen LogP contribution is -2.11. The van der Waals surface area contributed by atoms with E-state index in [0.29, 0.717) is 0 Å². The number of para-hydroxylation sites is 4. The van der Waals surface area contributed by atoms with E-state index in [-0.39, 0.29) is 0 Å². The molecule has 61 heavy (non-hydrogen) atoms. The van der Waals surface area contributed by atoms with E-state index in [4.69, 9.17) is 0 Å². The lowest BCUT2D eigenvalue weighted by Gasteiger charge is -2.28. The molecule has 2 aromatic heterocycles. The van der Waals surface area contributed by atoms with Gasteiger partial charge in [0.25, 0.3) is 0 Å². The van der Waals surface area contributed by atoms with Crippen LogP contribution in [0.5, 0.6) is 0 Å². The van der Waals surface area contributed by atoms with Gasteiger partial charge in [-0.05, 0) is 100 Å². The van der Waals surface area contributed by atoms with Gasteiger partial charge in [0.15, 0.2) is 0 Å². The molecule has 0 saturated heterocycles. The Kier molecular flexibility index (Phi) is 8.17. The number of benzene rings is 10. The van der Waals surface area contributed by atoms with Gasteiger partial charge in [0.1, 0.15) is 0 Å². The lowest BCUT2D eigenvalue weighted by atomic mass is 9.95. The minimum absolute atomic E-state index is 1.08. The summed E-state index contributed by atoms with van der Waals surface area (Å²) in [5.74, 6) is 0. The van der Waals surface area contributed by atoms with Crippen LogP contribution in [0.25, 0.3) is 88.0 Å². The number of hydrogen-bond donors (Lipinski definition) is 0. The zero-order valence-electron chi connectivity index (χ0n) is 33.4. The molecule has 286 valence electrons. The molecule has 0 saturated carbocycles. The van der Waals surface area contributed by atoms with Crippen LogP contribution >= 0.6 is 0 Å². The summed E-state index contributed by atoms with van der Waals surface area (Å²) >= 11 is 0. The largest absolute Gasteiger partial charge is 0.310 e. The monoisotopic (exact) mass is 777 g/mol. The molecule has 0 radical (unpaired) electrons. The first kappa shape index (κ1) is 34.9. The molecule has 3 heteroatoms. The first-order valence-corrected chi connectivity index (χ1v) is 20.9. The maximum absolute atomic E-state index is 2.46. The van der Waals surface area contributed by atoms with Crippen molar-refractivity contribution in [2.24, 2.45) is 0 Å². The van der Waals surface area contributed by atoms with Crippen molar-refractivity contribution in [3.8, 4) is 33.6 Å². The highest BCUT2D eigenvalue weighted by Crippen LogP contribution is 2.46. The van der Waals surface area contributed by atoms with Crippen molar-refractivity contribution in [3.05, 3.63) is 237 Å². The highest BCUT2D eigenvalue weighted by Gasteiger charge is 2.23. The molecule has 10 aromatic carbocycles. The normalized spacial score (nSPS) is 11.6. The van der Waals surface area contributed by atoms with Crippen LogP contribution in [0.4, 0.5) is 17.1 Å². The molecule has 2 heterocycles. The standard InChI is InChI=1S/C58H39N3/c1-3-18-40(19-4-1)42-21-15-25-45(38-42)59(54-34-17-35-55-58(54)50-30-11-14-33-53(50)60(55)44-23-5-2-6-24-44)46-26-16-22-43(39-46)57-47-27-8-7-20-41(47)36-37-56(57)61-51-31-12-9-28-48(51)49-29-10-13-32-52(49)61/h1-39H. The Morgan fingerprint density at radius 2 is 0.820 bits per heavy atom. The van der Waals surface area contributed by atoms with E-state index < -0.39 is 0 Å². The SMILES string of the molecule is c1ccc(-c2cccc(N(c3cccc(-c4c(-n5c6ccccc6c6ccccc65)ccc5ccccc45)c3)c3cccc4c3c3ccccc3n4-c3ccccc3)c2)cc1. The van der Waals surface area contributed by atoms with Crippen molar-refractivity contribution >= 4 is 71.4 Å². The van der Waals surface area contributed by atoms with Crippen molar-refractivity contribution in [2.45, 2.75) is 0 Å². The zero-order chi connectivity index (χ0) is 40.3. The molecule has 0 N–H and O–H groups in total. The summed E-state index contributed by atoms with van der Waals surface area (Å²) in [7, 11) is 0. The minimum atomic E-state index is 1.08. The van der Waals surface area contributed by atoms with Gasteiger partial charge in [-0.1, -0.05) is 164 Å². The van der Waals surface area contributed by atoms with Gasteiger partial charge in [0.05, 0.1) is 33.4 Å². The molecule has 0 amide bonds. The Morgan fingerprint density at radius 3 is 1.52 bits per heavy atom. The number of hydrogen-bond acceptors (Lipinski definition) is 1. The molecule has 12 rings (SSSR count). The van der Waals surface area contributed by atoms with Gasteiger partial charge in [-0.15, -0.1) is 0 Å². The second kappa shape index (κ2) is 14.3. The molecule has 0 bridgehead atoms. The highest BCUT2D eigenvalue weighted by atomic mass is 15.1. The van der Waals surface area contributed by atoms with Crippen LogP contribution in [0, 0.1) is 0 Å². The number of rotatable bonds is 7. The highest BCUT2D eigenvalue weighted by molar-refractivity contribution is 6.17. The summed E-state index contributed by atoms with van der Waals surface area (Å²) in [6.07, 6.45) is 0. The molecule has 3 nitrogen and oxygen atoms in total. The maximum atomic E-state index is 2.46. The van der Waals surface area contributed by atoms with E-state index in [1.807, 2.05) is 0 Å². The van der Waals surface area contributed by atoms with Crippen LogP contribution in [0.3, 0.4) is 0 Å². The molecule has 0 atom stereocenters. The van der Waals surface area contributed by atoms with Gasteiger partial charge >= 0.3 is 0 Å². The van der Waals surface area contributed by atoms with Crippen LogP contribution in [-0.4, -0.2) is 9.13 Å². The summed E-state index contributed by atoms with van der Waals surface area (Å²) in [5.41, 5.74) is 15.0. The van der Waals surface area contributed by atoms with E-state index >= 15 is 0 Å². The van der Waals surface area contributed by atoms with Gasteiger partial charge in [0, 0.05) is 44.2 Å². The van der Waals surface area contributed by atoms with Gasteiger partial charge in [-0.3, -0.25) is 0 Å². The fourth-order valence-corrected chi connectivity index (χ4v) is 9.66. The smallest absolute Gasteiger partial charge is 0.0562 e.